The first-order valence-electron chi connectivity index (χ1n) is 11.1. The second kappa shape index (κ2) is 13.9. The van der Waals surface area contributed by atoms with E-state index >= 15 is 0 Å². The molecule has 1 fully saturated rings. The van der Waals surface area contributed by atoms with Gasteiger partial charge in [-0.05, 0) is 63.4 Å². The highest BCUT2D eigenvalue weighted by atomic mass is 16.5. The maximum Gasteiger partial charge on any atom is 0.305 e. The number of guanidine groups is 1. The van der Waals surface area contributed by atoms with Crippen LogP contribution in [0.15, 0.2) is 29.3 Å². The summed E-state index contributed by atoms with van der Waals surface area (Å²) in [6.45, 7) is 6.66. The van der Waals surface area contributed by atoms with E-state index < -0.39 is 0 Å². The first-order valence-corrected chi connectivity index (χ1v) is 11.1. The number of nitrogens with zero attached hydrogens (tertiary/aromatic N) is 2. The summed E-state index contributed by atoms with van der Waals surface area (Å²) in [6.07, 6.45) is 5.81. The van der Waals surface area contributed by atoms with Gasteiger partial charge >= 0.3 is 5.97 Å². The fourth-order valence-corrected chi connectivity index (χ4v) is 3.73. The minimum absolute atomic E-state index is 0.136. The van der Waals surface area contributed by atoms with Gasteiger partial charge in [0.05, 0.1) is 26.8 Å². The van der Waals surface area contributed by atoms with E-state index in [1.807, 2.05) is 6.07 Å². The van der Waals surface area contributed by atoms with Gasteiger partial charge in [0.15, 0.2) is 5.96 Å². The number of benzene rings is 1. The van der Waals surface area contributed by atoms with Gasteiger partial charge < -0.3 is 20.1 Å². The largest absolute Gasteiger partial charge is 0.497 e. The Hall–Kier alpha value is -2.28. The van der Waals surface area contributed by atoms with Gasteiger partial charge in [-0.1, -0.05) is 18.6 Å². The molecule has 7 nitrogen and oxygen atoms in total. The maximum atomic E-state index is 11.2. The van der Waals surface area contributed by atoms with Gasteiger partial charge in [0, 0.05) is 19.5 Å². The van der Waals surface area contributed by atoms with Crippen molar-refractivity contribution in [2.45, 2.75) is 51.5 Å². The van der Waals surface area contributed by atoms with Crippen molar-refractivity contribution in [3.8, 4) is 5.75 Å². The van der Waals surface area contributed by atoms with E-state index in [1.165, 1.54) is 25.5 Å². The van der Waals surface area contributed by atoms with Crippen LogP contribution in [0.2, 0.25) is 0 Å². The van der Waals surface area contributed by atoms with Gasteiger partial charge in [-0.3, -0.25) is 14.7 Å². The van der Waals surface area contributed by atoms with Crippen LogP contribution in [0.4, 0.5) is 0 Å². The van der Waals surface area contributed by atoms with Gasteiger partial charge in [-0.2, -0.15) is 0 Å². The molecule has 1 aromatic carbocycles. The number of methoxy groups -OCH3 is 2. The average molecular weight is 419 g/mol. The fraction of sp³-hybridized carbons (Fsp3) is 0.652. The highest BCUT2D eigenvalue weighted by Gasteiger charge is 2.23. The van der Waals surface area contributed by atoms with Crippen molar-refractivity contribution in [1.82, 2.24) is 15.5 Å². The van der Waals surface area contributed by atoms with Crippen molar-refractivity contribution < 1.29 is 14.3 Å². The summed E-state index contributed by atoms with van der Waals surface area (Å²) in [5.74, 6) is 1.60. The molecule has 7 heteroatoms. The van der Waals surface area contributed by atoms with Gasteiger partial charge in [0.1, 0.15) is 5.75 Å². The van der Waals surface area contributed by atoms with Crippen LogP contribution in [0, 0.1) is 0 Å². The molecule has 0 bridgehead atoms. The molecule has 1 heterocycles. The number of nitrogens with one attached hydrogen (secondary N) is 2. The second-order valence-corrected chi connectivity index (χ2v) is 7.57. The monoisotopic (exact) mass is 418 g/mol. The standard InChI is InChI=1S/C23H38N4O3/c1-4-24-23(25-14-7-5-6-13-22(28)30-3)26-18-21(27-15-8-9-16-27)19-11-10-12-20(17-19)29-2/h10-12,17,21H,4-9,13-16,18H2,1-3H3,(H2,24,25,26). The number of rotatable bonds is 12. The van der Waals surface area contributed by atoms with E-state index in [-0.39, 0.29) is 12.0 Å². The van der Waals surface area contributed by atoms with E-state index in [0.717, 1.165) is 57.2 Å². The van der Waals surface area contributed by atoms with Crippen LogP contribution in [0.1, 0.15) is 57.1 Å². The lowest BCUT2D eigenvalue weighted by Crippen LogP contribution is -2.38. The molecule has 0 spiro atoms. The van der Waals surface area contributed by atoms with Crippen molar-refractivity contribution in [1.29, 1.82) is 0 Å². The lowest BCUT2D eigenvalue weighted by atomic mass is 10.1. The highest BCUT2D eigenvalue weighted by Crippen LogP contribution is 2.27. The molecular weight excluding hydrogens is 380 g/mol. The Morgan fingerprint density at radius 3 is 2.67 bits per heavy atom. The summed E-state index contributed by atoms with van der Waals surface area (Å²) in [4.78, 5) is 18.6. The van der Waals surface area contributed by atoms with Crippen molar-refractivity contribution in [3.05, 3.63) is 29.8 Å². The topological polar surface area (TPSA) is 75.2 Å². The van der Waals surface area contributed by atoms with Gasteiger partial charge in [-0.15, -0.1) is 0 Å². The number of unbranched alkanes of at least 4 members (excludes halogenated alkanes) is 2. The molecule has 1 atom stereocenters. The van der Waals surface area contributed by atoms with E-state index in [4.69, 9.17) is 9.73 Å². The fourth-order valence-electron chi connectivity index (χ4n) is 3.73. The van der Waals surface area contributed by atoms with Crippen LogP contribution >= 0.6 is 0 Å². The normalized spacial score (nSPS) is 15.6. The Kier molecular flexibility index (Phi) is 11.1. The van der Waals surface area contributed by atoms with Crippen LogP contribution in [0.25, 0.3) is 0 Å². The van der Waals surface area contributed by atoms with E-state index in [2.05, 4.69) is 45.4 Å². The zero-order valence-corrected chi connectivity index (χ0v) is 18.8. The smallest absolute Gasteiger partial charge is 0.305 e. The zero-order valence-electron chi connectivity index (χ0n) is 18.8. The number of esters is 1. The number of carbonyl (C=O) groups excluding carboxylic acids is 1. The first kappa shape index (κ1) is 24.0. The molecular formula is C23H38N4O3. The summed E-state index contributed by atoms with van der Waals surface area (Å²) < 4.78 is 10.1. The van der Waals surface area contributed by atoms with Crippen molar-refractivity contribution >= 4 is 11.9 Å². The number of carbonyl (C=O) groups is 1. The van der Waals surface area contributed by atoms with Gasteiger partial charge in [-0.25, -0.2) is 0 Å². The summed E-state index contributed by atoms with van der Waals surface area (Å²) in [5.41, 5.74) is 1.25. The van der Waals surface area contributed by atoms with Crippen LogP contribution in [-0.4, -0.2) is 63.8 Å². The predicted octanol–water partition coefficient (Wildman–Crippen LogP) is 3.12. The predicted molar refractivity (Wildman–Crippen MR) is 121 cm³/mol. The molecule has 1 unspecified atom stereocenters. The Morgan fingerprint density at radius 2 is 1.97 bits per heavy atom. The summed E-state index contributed by atoms with van der Waals surface area (Å²) in [5, 5.41) is 6.76. The Labute approximate surface area is 181 Å². The molecule has 0 amide bonds. The lowest BCUT2D eigenvalue weighted by molar-refractivity contribution is -0.140. The van der Waals surface area contributed by atoms with E-state index in [9.17, 15) is 4.79 Å². The Bertz CT molecular complexity index is 660. The third kappa shape index (κ3) is 8.22. The number of hydrogen-bond donors (Lipinski definition) is 2. The molecule has 1 saturated heterocycles. The number of hydrogen-bond acceptors (Lipinski definition) is 5. The van der Waals surface area contributed by atoms with E-state index in [0.29, 0.717) is 13.0 Å². The quantitative estimate of drug-likeness (QED) is 0.235. The molecule has 0 radical (unpaired) electrons. The molecule has 1 aliphatic heterocycles. The third-order valence-corrected chi connectivity index (χ3v) is 5.40. The highest BCUT2D eigenvalue weighted by molar-refractivity contribution is 5.79. The summed E-state index contributed by atoms with van der Waals surface area (Å²) >= 11 is 0. The van der Waals surface area contributed by atoms with Crippen molar-refractivity contribution in [3.63, 3.8) is 0 Å². The molecule has 1 aliphatic rings. The maximum absolute atomic E-state index is 11.2. The molecule has 0 saturated carbocycles. The van der Waals surface area contributed by atoms with Gasteiger partial charge in [0.25, 0.3) is 0 Å². The minimum atomic E-state index is -0.136. The third-order valence-electron chi connectivity index (χ3n) is 5.40. The molecule has 2 rings (SSSR count). The number of likely N-dealkylation sites (tertiary alicyclic amines) is 1. The molecule has 168 valence electrons. The lowest BCUT2D eigenvalue weighted by Gasteiger charge is -2.27. The van der Waals surface area contributed by atoms with E-state index in [1.54, 1.807) is 7.11 Å². The number of ether oxygens (including phenoxy) is 2. The van der Waals surface area contributed by atoms with Crippen LogP contribution in [0.3, 0.4) is 0 Å². The molecule has 0 aliphatic carbocycles. The summed E-state index contributed by atoms with van der Waals surface area (Å²) in [7, 11) is 3.14. The summed E-state index contributed by atoms with van der Waals surface area (Å²) in [6, 6.07) is 8.58. The Morgan fingerprint density at radius 1 is 1.17 bits per heavy atom. The SMILES string of the molecule is CCNC(=NCC(c1cccc(OC)c1)N1CCCC1)NCCCCCC(=O)OC. The molecule has 30 heavy (non-hydrogen) atoms. The molecule has 1 aromatic rings. The van der Waals surface area contributed by atoms with Crippen molar-refractivity contribution in [2.24, 2.45) is 4.99 Å². The van der Waals surface area contributed by atoms with Crippen LogP contribution in [-0.2, 0) is 9.53 Å². The zero-order chi connectivity index (χ0) is 21.6. The second-order valence-electron chi connectivity index (χ2n) is 7.57. The van der Waals surface area contributed by atoms with Crippen LogP contribution in [0.5, 0.6) is 5.75 Å². The number of aliphatic imine (C=N–C) groups is 1. The first-order chi connectivity index (χ1) is 14.7. The molecule has 0 aromatic heterocycles. The molecule has 2 N–H and O–H groups in total. The van der Waals surface area contributed by atoms with Crippen LogP contribution < -0.4 is 15.4 Å². The average Bonchev–Trinajstić information content (AvgIpc) is 3.30. The van der Waals surface area contributed by atoms with Gasteiger partial charge in [0.2, 0.25) is 0 Å². The Balaban J connectivity index is 1.93. The minimum Gasteiger partial charge on any atom is -0.497 e. The van der Waals surface area contributed by atoms with Crippen molar-refractivity contribution in [2.75, 3.05) is 46.9 Å².